The van der Waals surface area contributed by atoms with Crippen LogP contribution in [0.4, 0.5) is 0 Å². The lowest BCUT2D eigenvalue weighted by molar-refractivity contribution is -0.127. The van der Waals surface area contributed by atoms with Crippen molar-refractivity contribution in [2.45, 2.75) is 64.1 Å². The molecule has 3 rings (SSSR count). The minimum absolute atomic E-state index is 0.0139. The minimum Gasteiger partial charge on any atom is -0.377 e. The predicted molar refractivity (Wildman–Crippen MR) is 130 cm³/mol. The molecule has 1 aliphatic carbocycles. The Morgan fingerprint density at radius 2 is 1.81 bits per heavy atom. The first kappa shape index (κ1) is 24.5. The van der Waals surface area contributed by atoms with Crippen molar-refractivity contribution in [3.63, 3.8) is 0 Å². The Bertz CT molecular complexity index is 756. The van der Waals surface area contributed by atoms with E-state index in [-0.39, 0.29) is 18.6 Å². The van der Waals surface area contributed by atoms with Gasteiger partial charge in [-0.25, -0.2) is 4.99 Å². The zero-order chi connectivity index (χ0) is 22.9. The molecule has 1 fully saturated rings. The predicted octanol–water partition coefficient (Wildman–Crippen LogP) is 2.06. The number of carbonyl (C=O) groups excluding carboxylic acids is 1. The van der Waals surface area contributed by atoms with Crippen LogP contribution in [0.15, 0.2) is 29.3 Å². The van der Waals surface area contributed by atoms with Crippen molar-refractivity contribution in [3.8, 4) is 0 Å². The van der Waals surface area contributed by atoms with E-state index in [1.807, 2.05) is 0 Å². The van der Waals surface area contributed by atoms with Gasteiger partial charge in [0.1, 0.15) is 6.54 Å². The maximum absolute atomic E-state index is 12.1. The number of aliphatic imine (C=N–C) groups is 1. The lowest BCUT2D eigenvalue weighted by atomic mass is 9.88. The lowest BCUT2D eigenvalue weighted by Gasteiger charge is -2.34. The second-order valence-electron chi connectivity index (χ2n) is 9.49. The number of likely N-dealkylation sites (tertiary alicyclic amines) is 1. The summed E-state index contributed by atoms with van der Waals surface area (Å²) in [7, 11) is 3.55. The van der Waals surface area contributed by atoms with Crippen LogP contribution >= 0.6 is 0 Å². The fraction of sp³-hybridized carbons (Fsp3) is 0.680. The number of ether oxygens (including phenoxy) is 1. The normalized spacial score (nSPS) is 20.2. The number of nitrogens with zero attached hydrogens (tertiary/aromatic N) is 3. The molecule has 1 saturated heterocycles. The van der Waals surface area contributed by atoms with E-state index in [0.29, 0.717) is 12.1 Å². The summed E-state index contributed by atoms with van der Waals surface area (Å²) in [5.41, 5.74) is 2.87. The van der Waals surface area contributed by atoms with Gasteiger partial charge in [0.2, 0.25) is 5.91 Å². The molecular weight excluding hydrogens is 402 g/mol. The van der Waals surface area contributed by atoms with Gasteiger partial charge in [0.05, 0.1) is 12.7 Å². The van der Waals surface area contributed by atoms with Gasteiger partial charge in [-0.1, -0.05) is 24.3 Å². The third kappa shape index (κ3) is 7.78. The first-order chi connectivity index (χ1) is 15.4. The molecule has 0 spiro atoms. The van der Waals surface area contributed by atoms with E-state index in [1.165, 1.54) is 11.1 Å². The van der Waals surface area contributed by atoms with E-state index in [4.69, 9.17) is 4.74 Å². The Morgan fingerprint density at radius 3 is 2.50 bits per heavy atom. The van der Waals surface area contributed by atoms with Crippen molar-refractivity contribution in [3.05, 3.63) is 35.4 Å². The number of hydrogen-bond acceptors (Lipinski definition) is 4. The molecule has 2 N–H and O–H groups in total. The van der Waals surface area contributed by atoms with E-state index in [1.54, 1.807) is 19.0 Å². The average molecular weight is 444 g/mol. The molecule has 1 aromatic rings. The van der Waals surface area contributed by atoms with Gasteiger partial charge >= 0.3 is 0 Å². The number of likely N-dealkylation sites (N-methyl/N-ethyl adjacent to an activating group) is 1. The number of nitrogens with one attached hydrogen (secondary N) is 2. The van der Waals surface area contributed by atoms with Crippen LogP contribution in [0.3, 0.4) is 0 Å². The van der Waals surface area contributed by atoms with Crippen molar-refractivity contribution >= 4 is 11.9 Å². The van der Waals surface area contributed by atoms with Crippen LogP contribution in [0.5, 0.6) is 0 Å². The van der Waals surface area contributed by atoms with Crippen molar-refractivity contribution in [2.24, 2.45) is 4.99 Å². The smallest absolute Gasteiger partial charge is 0.243 e. The van der Waals surface area contributed by atoms with Gasteiger partial charge in [-0.05, 0) is 57.1 Å². The molecule has 1 atom stereocenters. The number of rotatable bonds is 8. The molecule has 178 valence electrons. The molecular formula is C25H41N5O2. The van der Waals surface area contributed by atoms with Crippen LogP contribution in [-0.4, -0.2) is 86.7 Å². The molecule has 32 heavy (non-hydrogen) atoms. The maximum atomic E-state index is 12.1. The Labute approximate surface area is 193 Å². The molecule has 0 bridgehead atoms. The third-order valence-corrected chi connectivity index (χ3v) is 6.35. The van der Waals surface area contributed by atoms with E-state index in [0.717, 1.165) is 64.3 Å². The van der Waals surface area contributed by atoms with Crippen molar-refractivity contribution in [1.82, 2.24) is 20.4 Å². The largest absolute Gasteiger partial charge is 0.377 e. The number of fused-ring (bicyclic) bond motifs is 1. The summed E-state index contributed by atoms with van der Waals surface area (Å²) in [5.74, 6) is 0.784. The summed E-state index contributed by atoms with van der Waals surface area (Å²) in [6.07, 6.45) is 5.57. The maximum Gasteiger partial charge on any atom is 0.243 e. The minimum atomic E-state index is 0.0139. The van der Waals surface area contributed by atoms with Crippen LogP contribution in [0.2, 0.25) is 0 Å². The SMILES string of the molecule is CC(C)OCCN1CCC(NC(=NCC(=O)N(C)C)NC2CCc3ccccc3C2)CC1. The summed E-state index contributed by atoms with van der Waals surface area (Å²) in [6.45, 7) is 8.21. The molecule has 0 radical (unpaired) electrons. The highest BCUT2D eigenvalue weighted by molar-refractivity contribution is 5.85. The third-order valence-electron chi connectivity index (χ3n) is 6.35. The van der Waals surface area contributed by atoms with E-state index in [2.05, 4.69) is 58.6 Å². The van der Waals surface area contributed by atoms with Crippen LogP contribution in [0.1, 0.15) is 44.2 Å². The van der Waals surface area contributed by atoms with E-state index < -0.39 is 0 Å². The first-order valence-electron chi connectivity index (χ1n) is 12.1. The zero-order valence-electron chi connectivity index (χ0n) is 20.3. The molecule has 2 aliphatic rings. The summed E-state index contributed by atoms with van der Waals surface area (Å²) >= 11 is 0. The Morgan fingerprint density at radius 1 is 1.12 bits per heavy atom. The molecule has 0 aromatic heterocycles. The van der Waals surface area contributed by atoms with Crippen LogP contribution in [-0.2, 0) is 22.4 Å². The van der Waals surface area contributed by atoms with Crippen LogP contribution in [0, 0.1) is 0 Å². The van der Waals surface area contributed by atoms with Gasteiger partial charge in [-0.2, -0.15) is 0 Å². The number of piperidine rings is 1. The van der Waals surface area contributed by atoms with E-state index >= 15 is 0 Å². The summed E-state index contributed by atoms with van der Waals surface area (Å²) in [6, 6.07) is 9.39. The highest BCUT2D eigenvalue weighted by Crippen LogP contribution is 2.21. The van der Waals surface area contributed by atoms with E-state index in [9.17, 15) is 4.79 Å². The summed E-state index contributed by atoms with van der Waals surface area (Å²) in [4.78, 5) is 20.8. The number of carbonyl (C=O) groups is 1. The van der Waals surface area contributed by atoms with Gasteiger partial charge in [0, 0.05) is 45.8 Å². The fourth-order valence-electron chi connectivity index (χ4n) is 4.35. The Balaban J connectivity index is 1.54. The summed E-state index contributed by atoms with van der Waals surface area (Å²) < 4.78 is 5.70. The number of aryl methyl sites for hydroxylation is 1. The van der Waals surface area contributed by atoms with Crippen LogP contribution in [0.25, 0.3) is 0 Å². The van der Waals surface area contributed by atoms with Crippen molar-refractivity contribution < 1.29 is 9.53 Å². The number of guanidine groups is 1. The first-order valence-corrected chi connectivity index (χ1v) is 12.1. The second kappa shape index (κ2) is 12.2. The molecule has 1 aliphatic heterocycles. The number of benzene rings is 1. The number of hydrogen-bond donors (Lipinski definition) is 2. The van der Waals surface area contributed by atoms with Crippen LogP contribution < -0.4 is 10.6 Å². The molecule has 1 aromatic carbocycles. The zero-order valence-corrected chi connectivity index (χ0v) is 20.3. The molecule has 1 amide bonds. The van der Waals surface area contributed by atoms with Gasteiger partial charge in [-0.15, -0.1) is 0 Å². The standard InChI is InChI=1S/C25H41N5O2/c1-19(2)32-16-15-30-13-11-22(12-14-30)27-25(26-18-24(31)29(3)4)28-23-10-9-20-7-5-6-8-21(20)17-23/h5-8,19,22-23H,9-18H2,1-4H3,(H2,26,27,28). The molecule has 7 heteroatoms. The quantitative estimate of drug-likeness (QED) is 0.475. The number of amides is 1. The topological polar surface area (TPSA) is 69.2 Å². The Hall–Kier alpha value is -2.12. The highest BCUT2D eigenvalue weighted by Gasteiger charge is 2.23. The average Bonchev–Trinajstić information content (AvgIpc) is 2.78. The molecule has 7 nitrogen and oxygen atoms in total. The Kier molecular flexibility index (Phi) is 9.36. The monoisotopic (exact) mass is 443 g/mol. The van der Waals surface area contributed by atoms with Gasteiger partial charge in [0.25, 0.3) is 0 Å². The molecule has 1 unspecified atom stereocenters. The second-order valence-corrected chi connectivity index (χ2v) is 9.49. The van der Waals surface area contributed by atoms with Gasteiger partial charge < -0.3 is 25.2 Å². The van der Waals surface area contributed by atoms with Crippen molar-refractivity contribution in [1.29, 1.82) is 0 Å². The fourth-order valence-corrected chi connectivity index (χ4v) is 4.35. The summed E-state index contributed by atoms with van der Waals surface area (Å²) in [5, 5.41) is 7.26. The highest BCUT2D eigenvalue weighted by atomic mass is 16.5. The molecule has 0 saturated carbocycles. The van der Waals surface area contributed by atoms with Gasteiger partial charge in [-0.3, -0.25) is 4.79 Å². The lowest BCUT2D eigenvalue weighted by Crippen LogP contribution is -2.52. The molecule has 1 heterocycles. The van der Waals surface area contributed by atoms with Crippen molar-refractivity contribution in [2.75, 3.05) is 46.9 Å². The van der Waals surface area contributed by atoms with Gasteiger partial charge in [0.15, 0.2) is 5.96 Å².